The number of hydrogen-bond donors (Lipinski definition) is 2. The van der Waals surface area contributed by atoms with Gasteiger partial charge in [0.1, 0.15) is 5.75 Å². The number of phenolic OH excluding ortho intramolecular Hbond substituents is 2. The van der Waals surface area contributed by atoms with Crippen LogP contribution < -0.4 is 4.90 Å². The Kier molecular flexibility index (Phi) is 4.15. The molecule has 4 nitrogen and oxygen atoms in total. The van der Waals surface area contributed by atoms with Gasteiger partial charge in [-0.2, -0.15) is 0 Å². The lowest BCUT2D eigenvalue weighted by atomic mass is 10.1. The Balaban J connectivity index is 1.60. The second-order valence-electron chi connectivity index (χ2n) is 5.54. The highest BCUT2D eigenvalue weighted by Crippen LogP contribution is 2.27. The number of anilines is 1. The van der Waals surface area contributed by atoms with Crippen molar-refractivity contribution < 1.29 is 14.6 Å². The van der Waals surface area contributed by atoms with Crippen molar-refractivity contribution in [3.8, 4) is 11.5 Å². The third kappa shape index (κ3) is 3.14. The molecule has 0 atom stereocenters. The smallest absolute Gasteiger partial charge is 0.165 e. The van der Waals surface area contributed by atoms with Crippen LogP contribution in [0.4, 0.5) is 10.1 Å². The van der Waals surface area contributed by atoms with E-state index in [9.17, 15) is 14.6 Å². The Hall–Kier alpha value is -2.27. The summed E-state index contributed by atoms with van der Waals surface area (Å²) in [6.45, 7) is 3.98. The molecule has 2 aromatic rings. The van der Waals surface area contributed by atoms with Crippen molar-refractivity contribution in [3.63, 3.8) is 0 Å². The molecule has 3 rings (SSSR count). The molecule has 1 aliphatic heterocycles. The molecule has 5 heteroatoms. The fraction of sp³-hybridized carbons (Fsp3) is 0.294. The van der Waals surface area contributed by atoms with Gasteiger partial charge < -0.3 is 15.1 Å². The minimum absolute atomic E-state index is 0.302. The maximum absolute atomic E-state index is 13.4. The van der Waals surface area contributed by atoms with Gasteiger partial charge >= 0.3 is 0 Å². The number of halogens is 1. The van der Waals surface area contributed by atoms with Crippen molar-refractivity contribution in [1.82, 2.24) is 4.90 Å². The van der Waals surface area contributed by atoms with Crippen molar-refractivity contribution in [2.75, 3.05) is 31.1 Å². The van der Waals surface area contributed by atoms with E-state index in [0.717, 1.165) is 37.4 Å². The van der Waals surface area contributed by atoms with Crippen LogP contribution in [0.3, 0.4) is 0 Å². The maximum atomic E-state index is 13.4. The van der Waals surface area contributed by atoms with Crippen LogP contribution in [0, 0.1) is 5.82 Å². The molecule has 0 saturated carbocycles. The summed E-state index contributed by atoms with van der Waals surface area (Å²) in [6.07, 6.45) is 0. The van der Waals surface area contributed by atoms with E-state index in [1.807, 2.05) is 18.2 Å². The van der Waals surface area contributed by atoms with Crippen LogP contribution in [-0.4, -0.2) is 41.3 Å². The summed E-state index contributed by atoms with van der Waals surface area (Å²) in [6, 6.07) is 11.9. The van der Waals surface area contributed by atoms with E-state index in [1.54, 1.807) is 12.1 Å². The molecular weight excluding hydrogens is 283 g/mol. The summed E-state index contributed by atoms with van der Waals surface area (Å²) in [7, 11) is 0. The van der Waals surface area contributed by atoms with E-state index in [0.29, 0.717) is 12.3 Å². The molecule has 22 heavy (non-hydrogen) atoms. The average Bonchev–Trinajstić information content (AvgIpc) is 2.52. The van der Waals surface area contributed by atoms with Crippen LogP contribution in [0.1, 0.15) is 5.56 Å². The molecule has 0 amide bonds. The van der Waals surface area contributed by atoms with Gasteiger partial charge in [-0.1, -0.05) is 18.2 Å². The van der Waals surface area contributed by atoms with Crippen LogP contribution in [0.5, 0.6) is 11.5 Å². The summed E-state index contributed by atoms with van der Waals surface area (Å²) in [4.78, 5) is 4.39. The molecule has 1 aliphatic rings. The van der Waals surface area contributed by atoms with E-state index in [1.165, 1.54) is 12.1 Å². The summed E-state index contributed by atoms with van der Waals surface area (Å²) in [5, 5.41) is 19.1. The van der Waals surface area contributed by atoms with Crippen LogP contribution in [0.15, 0.2) is 42.5 Å². The third-order valence-corrected chi connectivity index (χ3v) is 4.01. The standard InChI is InChI=1S/C17H19FN2O2/c18-14-11-13(5-6-16(14)21)12-19-7-9-20(10-8-19)15-3-1-2-4-17(15)22/h1-6,11,21-22H,7-10,12H2. The first-order valence-electron chi connectivity index (χ1n) is 7.36. The SMILES string of the molecule is Oc1ccc(CN2CCN(c3ccccc3O)CC2)cc1F. The predicted molar refractivity (Wildman–Crippen MR) is 83.7 cm³/mol. The zero-order valence-corrected chi connectivity index (χ0v) is 12.2. The lowest BCUT2D eigenvalue weighted by Gasteiger charge is -2.36. The van der Waals surface area contributed by atoms with Gasteiger partial charge in [0.05, 0.1) is 5.69 Å². The Bertz CT molecular complexity index is 655. The number of hydrogen-bond acceptors (Lipinski definition) is 4. The summed E-state index contributed by atoms with van der Waals surface area (Å²) < 4.78 is 13.4. The Labute approximate surface area is 129 Å². The van der Waals surface area contributed by atoms with Gasteiger partial charge in [-0.25, -0.2) is 4.39 Å². The third-order valence-electron chi connectivity index (χ3n) is 4.01. The molecule has 0 spiro atoms. The average molecular weight is 302 g/mol. The van der Waals surface area contributed by atoms with Gasteiger partial charge in [-0.05, 0) is 29.8 Å². The molecule has 116 valence electrons. The van der Waals surface area contributed by atoms with E-state index in [2.05, 4.69) is 9.80 Å². The Morgan fingerprint density at radius 1 is 0.909 bits per heavy atom. The first-order chi connectivity index (χ1) is 10.6. The number of rotatable bonds is 3. The molecule has 1 saturated heterocycles. The minimum Gasteiger partial charge on any atom is -0.506 e. The molecule has 2 N–H and O–H groups in total. The van der Waals surface area contributed by atoms with Crippen LogP contribution in [0.2, 0.25) is 0 Å². The molecule has 1 fully saturated rings. The lowest BCUT2D eigenvalue weighted by Crippen LogP contribution is -2.46. The van der Waals surface area contributed by atoms with Gasteiger partial charge in [-0.15, -0.1) is 0 Å². The minimum atomic E-state index is -0.578. The van der Waals surface area contributed by atoms with E-state index in [4.69, 9.17) is 0 Å². The lowest BCUT2D eigenvalue weighted by molar-refractivity contribution is 0.249. The topological polar surface area (TPSA) is 46.9 Å². The molecule has 1 heterocycles. The van der Waals surface area contributed by atoms with Crippen molar-refractivity contribution >= 4 is 5.69 Å². The van der Waals surface area contributed by atoms with E-state index < -0.39 is 5.82 Å². The van der Waals surface area contributed by atoms with Crippen LogP contribution in [-0.2, 0) is 6.54 Å². The van der Waals surface area contributed by atoms with Gasteiger partial charge in [0.25, 0.3) is 0 Å². The highest BCUT2D eigenvalue weighted by atomic mass is 19.1. The zero-order valence-electron chi connectivity index (χ0n) is 12.2. The van der Waals surface area contributed by atoms with Crippen molar-refractivity contribution in [1.29, 1.82) is 0 Å². The van der Waals surface area contributed by atoms with Crippen molar-refractivity contribution in [2.24, 2.45) is 0 Å². The molecule has 0 aliphatic carbocycles. The summed E-state index contributed by atoms with van der Waals surface area (Å²) >= 11 is 0. The number of aromatic hydroxyl groups is 2. The molecule has 0 aromatic heterocycles. The highest BCUT2D eigenvalue weighted by Gasteiger charge is 2.19. The first-order valence-corrected chi connectivity index (χ1v) is 7.36. The zero-order chi connectivity index (χ0) is 15.5. The second-order valence-corrected chi connectivity index (χ2v) is 5.54. The molecule has 2 aromatic carbocycles. The van der Waals surface area contributed by atoms with Gasteiger partial charge in [-0.3, -0.25) is 4.90 Å². The first kappa shape index (κ1) is 14.7. The number of piperazine rings is 1. The van der Waals surface area contributed by atoms with E-state index in [-0.39, 0.29) is 5.75 Å². The second kappa shape index (κ2) is 6.23. The summed E-state index contributed by atoms with van der Waals surface area (Å²) in [5.41, 5.74) is 1.71. The normalized spacial score (nSPS) is 16.0. The van der Waals surface area contributed by atoms with Gasteiger partial charge in [0, 0.05) is 32.7 Å². The molecule has 0 unspecified atom stereocenters. The quantitative estimate of drug-likeness (QED) is 0.915. The van der Waals surface area contributed by atoms with Crippen LogP contribution >= 0.6 is 0 Å². The fourth-order valence-corrected chi connectivity index (χ4v) is 2.79. The van der Waals surface area contributed by atoms with Gasteiger partial charge in [0.2, 0.25) is 0 Å². The largest absolute Gasteiger partial charge is 0.506 e. The van der Waals surface area contributed by atoms with Gasteiger partial charge in [0.15, 0.2) is 11.6 Å². The number of para-hydroxylation sites is 2. The highest BCUT2D eigenvalue weighted by molar-refractivity contribution is 5.57. The van der Waals surface area contributed by atoms with E-state index >= 15 is 0 Å². The number of benzene rings is 2. The Morgan fingerprint density at radius 2 is 1.64 bits per heavy atom. The monoisotopic (exact) mass is 302 g/mol. The molecular formula is C17H19FN2O2. The van der Waals surface area contributed by atoms with Crippen molar-refractivity contribution in [2.45, 2.75) is 6.54 Å². The number of nitrogens with zero attached hydrogens (tertiary/aromatic N) is 2. The Morgan fingerprint density at radius 3 is 2.32 bits per heavy atom. The predicted octanol–water partition coefficient (Wildman–Crippen LogP) is 2.56. The van der Waals surface area contributed by atoms with Crippen LogP contribution in [0.25, 0.3) is 0 Å². The fourth-order valence-electron chi connectivity index (χ4n) is 2.79. The maximum Gasteiger partial charge on any atom is 0.165 e. The number of phenols is 2. The molecule has 0 radical (unpaired) electrons. The summed E-state index contributed by atoms with van der Waals surface area (Å²) in [5.74, 6) is -0.588. The van der Waals surface area contributed by atoms with Crippen molar-refractivity contribution in [3.05, 3.63) is 53.8 Å². The molecule has 0 bridgehead atoms.